The van der Waals surface area contributed by atoms with Gasteiger partial charge >= 0.3 is 0 Å². The highest BCUT2D eigenvalue weighted by molar-refractivity contribution is 5.62. The lowest BCUT2D eigenvalue weighted by Gasteiger charge is -2.26. The zero-order valence-electron chi connectivity index (χ0n) is 8.63. The minimum atomic E-state index is -0.0492. The molecule has 2 rings (SSSR count). The van der Waals surface area contributed by atoms with Gasteiger partial charge in [0.05, 0.1) is 19.1 Å². The second-order valence-electron chi connectivity index (χ2n) is 3.71. The standard InChI is InChI=1S/C12H15NO2/c14-10-12-3-1-11(2-4-12)9-13-5-7-15-8-6-13/h1-4,9-10,12H,5-8H2. The molecule has 0 unspecified atom stereocenters. The summed E-state index contributed by atoms with van der Waals surface area (Å²) < 4.78 is 5.27. The lowest BCUT2D eigenvalue weighted by molar-refractivity contribution is -0.108. The van der Waals surface area contributed by atoms with E-state index in [4.69, 9.17) is 4.74 Å². The summed E-state index contributed by atoms with van der Waals surface area (Å²) in [5, 5.41) is 0. The maximum absolute atomic E-state index is 10.5. The monoisotopic (exact) mass is 205 g/mol. The van der Waals surface area contributed by atoms with Gasteiger partial charge in [0.15, 0.2) is 0 Å². The SMILES string of the molecule is O=CC1C=CC(=CN2CCOCC2)C=C1. The summed E-state index contributed by atoms with van der Waals surface area (Å²) >= 11 is 0. The molecule has 0 aromatic heterocycles. The Balaban J connectivity index is 1.96. The quantitative estimate of drug-likeness (QED) is 0.633. The molecule has 1 fully saturated rings. The van der Waals surface area contributed by atoms with Crippen molar-refractivity contribution in [1.82, 2.24) is 4.90 Å². The van der Waals surface area contributed by atoms with E-state index in [2.05, 4.69) is 11.1 Å². The normalized spacial score (nSPS) is 25.5. The second-order valence-corrected chi connectivity index (χ2v) is 3.71. The highest BCUT2D eigenvalue weighted by Crippen LogP contribution is 2.13. The lowest BCUT2D eigenvalue weighted by atomic mass is 10.0. The number of hydrogen-bond acceptors (Lipinski definition) is 3. The van der Waals surface area contributed by atoms with Gasteiger partial charge in [0, 0.05) is 19.3 Å². The average molecular weight is 205 g/mol. The first kappa shape index (κ1) is 10.2. The van der Waals surface area contributed by atoms with E-state index in [-0.39, 0.29) is 5.92 Å². The fourth-order valence-corrected chi connectivity index (χ4v) is 1.66. The summed E-state index contributed by atoms with van der Waals surface area (Å²) in [4.78, 5) is 12.8. The third-order valence-corrected chi connectivity index (χ3v) is 2.56. The van der Waals surface area contributed by atoms with Crippen LogP contribution in [0.2, 0.25) is 0 Å². The van der Waals surface area contributed by atoms with E-state index in [0.717, 1.165) is 38.2 Å². The van der Waals surface area contributed by atoms with Gasteiger partial charge in [-0.25, -0.2) is 0 Å². The first-order valence-corrected chi connectivity index (χ1v) is 5.24. The molecule has 0 saturated carbocycles. The molecule has 1 heterocycles. The van der Waals surface area contributed by atoms with Crippen LogP contribution in [0, 0.1) is 5.92 Å². The fraction of sp³-hybridized carbons (Fsp3) is 0.417. The van der Waals surface area contributed by atoms with Gasteiger partial charge in [-0.05, 0) is 5.57 Å². The van der Waals surface area contributed by atoms with Crippen LogP contribution in [0.5, 0.6) is 0 Å². The Labute approximate surface area is 89.7 Å². The maximum atomic E-state index is 10.5. The van der Waals surface area contributed by atoms with Crippen LogP contribution in [0.15, 0.2) is 36.1 Å². The highest BCUT2D eigenvalue weighted by atomic mass is 16.5. The van der Waals surface area contributed by atoms with E-state index in [1.807, 2.05) is 24.3 Å². The molecule has 15 heavy (non-hydrogen) atoms. The smallest absolute Gasteiger partial charge is 0.130 e. The Morgan fingerprint density at radius 1 is 1.27 bits per heavy atom. The van der Waals surface area contributed by atoms with Gasteiger partial charge in [-0.1, -0.05) is 24.3 Å². The number of allylic oxidation sites excluding steroid dienone is 5. The molecule has 0 aromatic carbocycles. The molecule has 0 N–H and O–H groups in total. The van der Waals surface area contributed by atoms with E-state index in [1.54, 1.807) is 0 Å². The molecule has 0 amide bonds. The summed E-state index contributed by atoms with van der Waals surface area (Å²) in [6.07, 6.45) is 10.9. The summed E-state index contributed by atoms with van der Waals surface area (Å²) in [6.45, 7) is 3.49. The van der Waals surface area contributed by atoms with Crippen molar-refractivity contribution in [2.45, 2.75) is 0 Å². The van der Waals surface area contributed by atoms with Crippen LogP contribution in [0.1, 0.15) is 0 Å². The van der Waals surface area contributed by atoms with Gasteiger partial charge in [0.25, 0.3) is 0 Å². The number of carbonyl (C=O) groups excluding carboxylic acids is 1. The van der Waals surface area contributed by atoms with Crippen LogP contribution in [0.4, 0.5) is 0 Å². The maximum Gasteiger partial charge on any atom is 0.130 e. The van der Waals surface area contributed by atoms with Crippen LogP contribution in [0.25, 0.3) is 0 Å². The number of carbonyl (C=O) groups is 1. The topological polar surface area (TPSA) is 29.5 Å². The van der Waals surface area contributed by atoms with Gasteiger partial charge < -0.3 is 14.4 Å². The molecule has 0 spiro atoms. The Hall–Kier alpha value is -1.35. The van der Waals surface area contributed by atoms with Crippen molar-refractivity contribution in [2.24, 2.45) is 5.92 Å². The van der Waals surface area contributed by atoms with Crippen molar-refractivity contribution in [3.63, 3.8) is 0 Å². The lowest BCUT2D eigenvalue weighted by Crippen LogP contribution is -2.32. The van der Waals surface area contributed by atoms with Crippen molar-refractivity contribution in [3.8, 4) is 0 Å². The Morgan fingerprint density at radius 2 is 1.93 bits per heavy atom. The third kappa shape index (κ3) is 2.80. The van der Waals surface area contributed by atoms with Crippen molar-refractivity contribution >= 4 is 6.29 Å². The predicted molar refractivity (Wildman–Crippen MR) is 58.3 cm³/mol. The predicted octanol–water partition coefficient (Wildman–Crippen LogP) is 1.14. The Bertz CT molecular complexity index is 296. The van der Waals surface area contributed by atoms with Crippen molar-refractivity contribution < 1.29 is 9.53 Å². The summed E-state index contributed by atoms with van der Waals surface area (Å²) in [6, 6.07) is 0. The highest BCUT2D eigenvalue weighted by Gasteiger charge is 2.08. The molecule has 2 aliphatic rings. The molecule has 0 atom stereocenters. The molecule has 3 heteroatoms. The Morgan fingerprint density at radius 3 is 2.53 bits per heavy atom. The van der Waals surface area contributed by atoms with E-state index in [9.17, 15) is 4.79 Å². The fourth-order valence-electron chi connectivity index (χ4n) is 1.66. The number of rotatable bonds is 2. The van der Waals surface area contributed by atoms with Gasteiger partial charge in [0.2, 0.25) is 0 Å². The van der Waals surface area contributed by atoms with Crippen LogP contribution < -0.4 is 0 Å². The molecule has 0 bridgehead atoms. The summed E-state index contributed by atoms with van der Waals surface area (Å²) in [7, 11) is 0. The van der Waals surface area contributed by atoms with Gasteiger partial charge in [-0.3, -0.25) is 0 Å². The minimum Gasteiger partial charge on any atom is -0.378 e. The molecule has 1 saturated heterocycles. The van der Waals surface area contributed by atoms with Gasteiger partial charge in [-0.15, -0.1) is 0 Å². The molecule has 0 radical (unpaired) electrons. The van der Waals surface area contributed by atoms with Crippen molar-refractivity contribution in [3.05, 3.63) is 36.1 Å². The first-order chi connectivity index (χ1) is 7.38. The van der Waals surface area contributed by atoms with E-state index >= 15 is 0 Å². The molecule has 80 valence electrons. The number of ether oxygens (including phenoxy) is 1. The van der Waals surface area contributed by atoms with Crippen LogP contribution >= 0.6 is 0 Å². The van der Waals surface area contributed by atoms with Crippen molar-refractivity contribution in [1.29, 1.82) is 0 Å². The molecular weight excluding hydrogens is 190 g/mol. The number of morpholine rings is 1. The van der Waals surface area contributed by atoms with Crippen LogP contribution in [-0.2, 0) is 9.53 Å². The summed E-state index contributed by atoms with van der Waals surface area (Å²) in [5.74, 6) is -0.0492. The Kier molecular flexibility index (Phi) is 3.35. The zero-order chi connectivity index (χ0) is 10.5. The van der Waals surface area contributed by atoms with E-state index in [0.29, 0.717) is 0 Å². The van der Waals surface area contributed by atoms with E-state index < -0.39 is 0 Å². The van der Waals surface area contributed by atoms with Crippen molar-refractivity contribution in [2.75, 3.05) is 26.3 Å². The average Bonchev–Trinajstić information content (AvgIpc) is 2.31. The van der Waals surface area contributed by atoms with Gasteiger partial charge in [0.1, 0.15) is 6.29 Å². The number of aldehydes is 1. The largest absolute Gasteiger partial charge is 0.378 e. The summed E-state index contributed by atoms with van der Waals surface area (Å²) in [5.41, 5.74) is 1.15. The van der Waals surface area contributed by atoms with E-state index in [1.165, 1.54) is 0 Å². The number of nitrogens with zero attached hydrogens (tertiary/aromatic N) is 1. The molecule has 0 aromatic rings. The van der Waals surface area contributed by atoms with Gasteiger partial charge in [-0.2, -0.15) is 0 Å². The molecule has 1 aliphatic heterocycles. The molecule has 1 aliphatic carbocycles. The molecular formula is C12H15NO2. The number of hydrogen-bond donors (Lipinski definition) is 0. The minimum absolute atomic E-state index is 0.0492. The zero-order valence-corrected chi connectivity index (χ0v) is 8.63. The third-order valence-electron chi connectivity index (χ3n) is 2.56. The molecule has 3 nitrogen and oxygen atoms in total. The van der Waals surface area contributed by atoms with Crippen LogP contribution in [0.3, 0.4) is 0 Å². The first-order valence-electron chi connectivity index (χ1n) is 5.24. The second kappa shape index (κ2) is 4.94. The van der Waals surface area contributed by atoms with Crippen LogP contribution in [-0.4, -0.2) is 37.5 Å².